The third-order valence-corrected chi connectivity index (χ3v) is 14.7. The Hall–Kier alpha value is -2.89. The molecule has 0 spiro atoms. The predicted molar refractivity (Wildman–Crippen MR) is 330 cm³/mol. The molecule has 0 bridgehead atoms. The second kappa shape index (κ2) is 64.6. The number of hydrogen-bond donors (Lipinski definition) is 0. The van der Waals surface area contributed by atoms with Gasteiger partial charge in [-0.15, -0.1) is 0 Å². The number of esters is 3. The van der Waals surface area contributed by atoms with Crippen LogP contribution < -0.4 is 0 Å². The Bertz CT molecular complexity index is 1360. The van der Waals surface area contributed by atoms with Gasteiger partial charge >= 0.3 is 17.9 Å². The Morgan fingerprint density at radius 1 is 0.263 bits per heavy atom. The lowest BCUT2D eigenvalue weighted by atomic mass is 10.0. The minimum absolute atomic E-state index is 0.0799. The Morgan fingerprint density at radius 2 is 0.474 bits per heavy atom. The van der Waals surface area contributed by atoms with E-state index in [4.69, 9.17) is 14.2 Å². The van der Waals surface area contributed by atoms with E-state index in [0.717, 1.165) is 89.9 Å². The SMILES string of the molecule is CCCCC/C=C\C/C=C\C/C=C\CCCCCCCCC(=O)OC(COC(=O)CCCCCCC/C=C\CCCCC)COC(=O)CCCCCCCCCCCCCCCCC/C=C\CCCCCCCCCC. The summed E-state index contributed by atoms with van der Waals surface area (Å²) in [5.74, 6) is -0.885. The minimum Gasteiger partial charge on any atom is -0.462 e. The van der Waals surface area contributed by atoms with E-state index in [1.165, 1.54) is 218 Å². The maximum Gasteiger partial charge on any atom is 0.306 e. The van der Waals surface area contributed by atoms with Crippen LogP contribution in [0.3, 0.4) is 0 Å². The van der Waals surface area contributed by atoms with E-state index in [-0.39, 0.29) is 31.1 Å². The maximum atomic E-state index is 12.9. The zero-order chi connectivity index (χ0) is 55.0. The molecular weight excluding hydrogens is 937 g/mol. The van der Waals surface area contributed by atoms with E-state index in [2.05, 4.69) is 81.5 Å². The summed E-state index contributed by atoms with van der Waals surface area (Å²) in [6, 6.07) is 0. The molecule has 6 heteroatoms. The number of hydrogen-bond acceptors (Lipinski definition) is 6. The summed E-state index contributed by atoms with van der Waals surface area (Å²) in [5.41, 5.74) is 0. The summed E-state index contributed by atoms with van der Waals surface area (Å²) >= 11 is 0. The fourth-order valence-corrected chi connectivity index (χ4v) is 9.68. The first kappa shape index (κ1) is 73.1. The van der Waals surface area contributed by atoms with E-state index in [9.17, 15) is 14.4 Å². The number of rotatable bonds is 61. The summed E-state index contributed by atoms with van der Waals surface area (Å²) in [6.45, 7) is 6.61. The molecule has 0 fully saturated rings. The highest BCUT2D eigenvalue weighted by Crippen LogP contribution is 2.17. The summed E-state index contributed by atoms with van der Waals surface area (Å²) < 4.78 is 16.9. The van der Waals surface area contributed by atoms with Gasteiger partial charge in [-0.1, -0.05) is 281 Å². The van der Waals surface area contributed by atoms with Gasteiger partial charge in [0.15, 0.2) is 6.10 Å². The number of carbonyl (C=O) groups is 3. The lowest BCUT2D eigenvalue weighted by Crippen LogP contribution is -2.30. The molecule has 0 saturated carbocycles. The van der Waals surface area contributed by atoms with Crippen molar-refractivity contribution in [2.24, 2.45) is 0 Å². The van der Waals surface area contributed by atoms with Crippen LogP contribution in [0.25, 0.3) is 0 Å². The van der Waals surface area contributed by atoms with Gasteiger partial charge in [-0.2, -0.15) is 0 Å². The first-order valence-electron chi connectivity index (χ1n) is 33.3. The molecule has 1 unspecified atom stereocenters. The summed E-state index contributed by atoms with van der Waals surface area (Å²) in [5, 5.41) is 0. The monoisotopic (exact) mass is 1060 g/mol. The Morgan fingerprint density at radius 3 is 0.776 bits per heavy atom. The number of allylic oxidation sites excluding steroid dienone is 10. The zero-order valence-corrected chi connectivity index (χ0v) is 50.8. The number of ether oxygens (including phenoxy) is 3. The van der Waals surface area contributed by atoms with Crippen LogP contribution in [-0.4, -0.2) is 37.2 Å². The van der Waals surface area contributed by atoms with Gasteiger partial charge in [0.05, 0.1) is 0 Å². The topological polar surface area (TPSA) is 78.9 Å². The Labute approximate surface area is 472 Å². The average molecular weight is 1060 g/mol. The molecule has 0 aromatic heterocycles. The van der Waals surface area contributed by atoms with Crippen molar-refractivity contribution < 1.29 is 28.6 Å². The highest BCUT2D eigenvalue weighted by Gasteiger charge is 2.19. The maximum absolute atomic E-state index is 12.9. The lowest BCUT2D eigenvalue weighted by Gasteiger charge is -2.18. The Kier molecular flexibility index (Phi) is 62.2. The fourth-order valence-electron chi connectivity index (χ4n) is 9.68. The average Bonchev–Trinajstić information content (AvgIpc) is 3.42. The normalized spacial score (nSPS) is 12.4. The summed E-state index contributed by atoms with van der Waals surface area (Å²) in [7, 11) is 0. The number of unbranched alkanes of at least 4 members (excludes halogenated alkanes) is 40. The van der Waals surface area contributed by atoms with Crippen molar-refractivity contribution in [1.82, 2.24) is 0 Å². The smallest absolute Gasteiger partial charge is 0.306 e. The van der Waals surface area contributed by atoms with E-state index in [1.807, 2.05) is 0 Å². The van der Waals surface area contributed by atoms with Gasteiger partial charge in [-0.25, -0.2) is 0 Å². The molecule has 0 saturated heterocycles. The quantitative estimate of drug-likeness (QED) is 0.0261. The third kappa shape index (κ3) is 62.0. The van der Waals surface area contributed by atoms with Gasteiger partial charge in [0.25, 0.3) is 0 Å². The van der Waals surface area contributed by atoms with E-state index in [1.54, 1.807) is 0 Å². The zero-order valence-electron chi connectivity index (χ0n) is 50.8. The molecule has 1 atom stereocenters. The summed E-state index contributed by atoms with van der Waals surface area (Å²) in [4.78, 5) is 38.3. The number of carbonyl (C=O) groups excluding carboxylic acids is 3. The molecule has 0 radical (unpaired) electrons. The molecule has 0 N–H and O–H groups in total. The summed E-state index contributed by atoms with van der Waals surface area (Å²) in [6.07, 6.45) is 82.4. The first-order valence-corrected chi connectivity index (χ1v) is 33.3. The van der Waals surface area contributed by atoms with Crippen LogP contribution in [0.2, 0.25) is 0 Å². The third-order valence-electron chi connectivity index (χ3n) is 14.7. The molecular formula is C70H126O6. The van der Waals surface area contributed by atoms with Crippen LogP contribution in [0, 0.1) is 0 Å². The molecule has 0 aliphatic rings. The molecule has 0 rings (SSSR count). The van der Waals surface area contributed by atoms with Crippen LogP contribution in [-0.2, 0) is 28.6 Å². The molecule has 0 amide bonds. The van der Waals surface area contributed by atoms with Crippen molar-refractivity contribution >= 4 is 17.9 Å². The second-order valence-corrected chi connectivity index (χ2v) is 22.4. The largest absolute Gasteiger partial charge is 0.462 e. The van der Waals surface area contributed by atoms with Crippen LogP contribution in [0.5, 0.6) is 0 Å². The van der Waals surface area contributed by atoms with E-state index >= 15 is 0 Å². The predicted octanol–water partition coefficient (Wildman–Crippen LogP) is 22.7. The highest BCUT2D eigenvalue weighted by molar-refractivity contribution is 5.71. The molecule has 0 aliphatic heterocycles. The van der Waals surface area contributed by atoms with E-state index < -0.39 is 6.10 Å². The Balaban J connectivity index is 4.24. The van der Waals surface area contributed by atoms with Crippen molar-refractivity contribution in [1.29, 1.82) is 0 Å². The first-order chi connectivity index (χ1) is 37.5. The van der Waals surface area contributed by atoms with Gasteiger partial charge in [-0.3, -0.25) is 14.4 Å². The highest BCUT2D eigenvalue weighted by atomic mass is 16.6. The van der Waals surface area contributed by atoms with Gasteiger partial charge in [0.1, 0.15) is 13.2 Å². The van der Waals surface area contributed by atoms with Crippen molar-refractivity contribution in [2.75, 3.05) is 13.2 Å². The van der Waals surface area contributed by atoms with Gasteiger partial charge < -0.3 is 14.2 Å². The van der Waals surface area contributed by atoms with Crippen LogP contribution in [0.1, 0.15) is 348 Å². The van der Waals surface area contributed by atoms with E-state index in [0.29, 0.717) is 19.3 Å². The van der Waals surface area contributed by atoms with Gasteiger partial charge in [-0.05, 0) is 109 Å². The van der Waals surface area contributed by atoms with Crippen LogP contribution in [0.15, 0.2) is 60.8 Å². The van der Waals surface area contributed by atoms with Crippen LogP contribution >= 0.6 is 0 Å². The molecule has 76 heavy (non-hydrogen) atoms. The molecule has 0 heterocycles. The van der Waals surface area contributed by atoms with Crippen LogP contribution in [0.4, 0.5) is 0 Å². The lowest BCUT2D eigenvalue weighted by molar-refractivity contribution is -0.167. The van der Waals surface area contributed by atoms with Gasteiger partial charge in [0.2, 0.25) is 0 Å². The molecule has 6 nitrogen and oxygen atoms in total. The minimum atomic E-state index is -0.784. The van der Waals surface area contributed by atoms with Gasteiger partial charge in [0, 0.05) is 19.3 Å². The van der Waals surface area contributed by atoms with Crippen molar-refractivity contribution in [2.45, 2.75) is 354 Å². The standard InChI is InChI=1S/C70H126O6/c1-4-7-10-13-16-19-22-25-27-29-31-32-33-34-35-36-37-38-40-41-43-45-48-51-54-57-60-63-69(72)75-66-67(65-74-68(71)62-59-56-53-50-47-24-21-18-15-12-9-6-3)76-70(73)64-61-58-55-52-49-46-44-42-39-30-28-26-23-20-17-14-11-8-5-2/h17-18,20-21,26,28-29,31,39,42,67H,4-16,19,22-25,27,30,32-38,40-41,43-66H2,1-3H3/b20-17-,21-18-,28-26-,31-29-,42-39-. The molecule has 0 aliphatic carbocycles. The molecule has 0 aromatic carbocycles. The van der Waals surface area contributed by atoms with Crippen molar-refractivity contribution in [3.8, 4) is 0 Å². The molecule has 442 valence electrons. The van der Waals surface area contributed by atoms with Crippen molar-refractivity contribution in [3.63, 3.8) is 0 Å². The van der Waals surface area contributed by atoms with Crippen molar-refractivity contribution in [3.05, 3.63) is 60.8 Å². The second-order valence-electron chi connectivity index (χ2n) is 22.4. The molecule has 0 aromatic rings. The fraction of sp³-hybridized carbons (Fsp3) is 0.814.